The maximum atomic E-state index is 11.7. The fourth-order valence-electron chi connectivity index (χ4n) is 2.52. The first kappa shape index (κ1) is 25.2. The molecule has 0 aliphatic heterocycles. The zero-order chi connectivity index (χ0) is 16.6. The van der Waals surface area contributed by atoms with Crippen LogP contribution < -0.4 is 0 Å². The first-order valence-electron chi connectivity index (χ1n) is 9.03. The second-order valence-electron chi connectivity index (χ2n) is 6.24. The number of amides is 1. The zero-order valence-corrected chi connectivity index (χ0v) is 14.6. The van der Waals surface area contributed by atoms with Crippen LogP contribution in [0.3, 0.4) is 0 Å². The van der Waals surface area contributed by atoms with Crippen molar-refractivity contribution in [3.8, 4) is 0 Å². The maximum absolute atomic E-state index is 11.7. The minimum atomic E-state index is -0.852. The van der Waals surface area contributed by atoms with Crippen molar-refractivity contribution in [3.63, 3.8) is 0 Å². The number of aliphatic carboxylic acids is 1. The summed E-state index contributed by atoms with van der Waals surface area (Å²) in [6, 6.07) is 0. The van der Waals surface area contributed by atoms with E-state index in [4.69, 9.17) is 5.11 Å². The molecule has 0 fully saturated rings. The molecule has 1 N–H and O–H groups in total. The molecule has 0 heterocycles. The van der Waals surface area contributed by atoms with Gasteiger partial charge in [0, 0.05) is 20.0 Å². The Morgan fingerprint density at radius 2 is 1.22 bits per heavy atom. The van der Waals surface area contributed by atoms with Gasteiger partial charge in [0.2, 0.25) is 5.91 Å². The summed E-state index contributed by atoms with van der Waals surface area (Å²) in [6.07, 6.45) is 14.6. The number of carboxylic acid groups (broad SMARTS) is 1. The molecule has 0 aliphatic rings. The van der Waals surface area contributed by atoms with E-state index in [9.17, 15) is 9.59 Å². The van der Waals surface area contributed by atoms with Crippen molar-refractivity contribution in [2.75, 3.05) is 13.6 Å². The fourth-order valence-corrected chi connectivity index (χ4v) is 2.52. The summed E-state index contributed by atoms with van der Waals surface area (Å²) in [5.74, 6) is -0.786. The van der Waals surface area contributed by atoms with Crippen LogP contribution in [-0.2, 0) is 9.59 Å². The number of carbonyl (C=O) groups excluding carboxylic acids is 1. The van der Waals surface area contributed by atoms with Gasteiger partial charge >= 0.3 is 35.5 Å². The molecule has 0 aromatic carbocycles. The number of rotatable bonds is 15. The molecule has 0 aromatic heterocycles. The normalized spacial score (nSPS) is 10.2. The third-order valence-corrected chi connectivity index (χ3v) is 4.08. The average molecular weight is 337 g/mol. The van der Waals surface area contributed by atoms with Crippen LogP contribution in [0.25, 0.3) is 0 Å². The fraction of sp³-hybridized carbons (Fsp3) is 0.889. The molecule has 0 unspecified atom stereocenters. The number of hydrogen-bond donors (Lipinski definition) is 1. The van der Waals surface area contributed by atoms with Crippen molar-refractivity contribution in [3.05, 3.63) is 0 Å². The Kier molecular flexibility index (Phi) is 20.0. The molecule has 0 bridgehead atoms. The molecule has 0 saturated heterocycles. The van der Waals surface area contributed by atoms with E-state index in [1.54, 1.807) is 7.05 Å². The topological polar surface area (TPSA) is 57.6 Å². The molecular formula is C18H36NNaO3. The van der Waals surface area contributed by atoms with Crippen LogP contribution in [0.4, 0.5) is 0 Å². The third kappa shape index (κ3) is 18.1. The van der Waals surface area contributed by atoms with Gasteiger partial charge in [-0.25, -0.2) is 0 Å². The monoisotopic (exact) mass is 337 g/mol. The van der Waals surface area contributed by atoms with E-state index in [0.717, 1.165) is 12.8 Å². The van der Waals surface area contributed by atoms with Crippen molar-refractivity contribution in [2.45, 2.75) is 90.4 Å². The summed E-state index contributed by atoms with van der Waals surface area (Å²) in [5.41, 5.74) is 0. The summed E-state index contributed by atoms with van der Waals surface area (Å²) in [6.45, 7) is 2.56. The van der Waals surface area contributed by atoms with Gasteiger partial charge in [0.15, 0.2) is 0 Å². The Balaban J connectivity index is 0. The Hall–Kier alpha value is -0.0600. The molecule has 0 aliphatic carbocycles. The van der Waals surface area contributed by atoms with Crippen molar-refractivity contribution in [2.24, 2.45) is 0 Å². The van der Waals surface area contributed by atoms with E-state index in [0.29, 0.717) is 13.0 Å². The second-order valence-corrected chi connectivity index (χ2v) is 6.24. The molecule has 4 nitrogen and oxygen atoms in total. The standard InChI is InChI=1S/C18H35NO3.Na.H/c1-3-4-5-6-7-8-9-10-11-12-13-14-17(20)19(2)16-15-18(21)22;;/h3-16H2,1-2H3,(H,21,22);;. The van der Waals surface area contributed by atoms with E-state index in [-0.39, 0.29) is 41.9 Å². The molecule has 0 rings (SSSR count). The molecule has 132 valence electrons. The number of nitrogens with zero attached hydrogens (tertiary/aromatic N) is 1. The molecule has 0 atom stereocenters. The van der Waals surface area contributed by atoms with Crippen LogP contribution >= 0.6 is 0 Å². The van der Waals surface area contributed by atoms with Gasteiger partial charge in [0.1, 0.15) is 0 Å². The van der Waals surface area contributed by atoms with Crippen LogP contribution in [-0.4, -0.2) is 65.0 Å². The predicted molar refractivity (Wildman–Crippen MR) is 98.1 cm³/mol. The molecule has 1 amide bonds. The van der Waals surface area contributed by atoms with Crippen LogP contribution in [0.1, 0.15) is 90.4 Å². The molecule has 0 spiro atoms. The van der Waals surface area contributed by atoms with Crippen molar-refractivity contribution < 1.29 is 14.7 Å². The van der Waals surface area contributed by atoms with Crippen LogP contribution in [0, 0.1) is 0 Å². The van der Waals surface area contributed by atoms with Gasteiger partial charge in [-0.1, -0.05) is 71.1 Å². The van der Waals surface area contributed by atoms with E-state index in [1.807, 2.05) is 0 Å². The van der Waals surface area contributed by atoms with Gasteiger partial charge in [-0.05, 0) is 6.42 Å². The summed E-state index contributed by atoms with van der Waals surface area (Å²) >= 11 is 0. The molecular weight excluding hydrogens is 301 g/mol. The number of hydrogen-bond acceptors (Lipinski definition) is 2. The Morgan fingerprint density at radius 1 is 0.783 bits per heavy atom. The van der Waals surface area contributed by atoms with Gasteiger partial charge in [-0.15, -0.1) is 0 Å². The number of carboxylic acids is 1. The van der Waals surface area contributed by atoms with Crippen LogP contribution in [0.15, 0.2) is 0 Å². The van der Waals surface area contributed by atoms with Gasteiger partial charge in [0.25, 0.3) is 0 Å². The van der Waals surface area contributed by atoms with Gasteiger partial charge in [-0.2, -0.15) is 0 Å². The zero-order valence-electron chi connectivity index (χ0n) is 14.6. The second kappa shape index (κ2) is 18.3. The van der Waals surface area contributed by atoms with E-state index in [1.165, 1.54) is 62.7 Å². The van der Waals surface area contributed by atoms with Crippen molar-refractivity contribution >= 4 is 41.4 Å². The molecule has 0 radical (unpaired) electrons. The Bertz CT molecular complexity index is 298. The summed E-state index contributed by atoms with van der Waals surface area (Å²) < 4.78 is 0. The van der Waals surface area contributed by atoms with Crippen LogP contribution in [0.2, 0.25) is 0 Å². The third-order valence-electron chi connectivity index (χ3n) is 4.08. The first-order valence-corrected chi connectivity index (χ1v) is 9.03. The average Bonchev–Trinajstić information content (AvgIpc) is 2.49. The quantitative estimate of drug-likeness (QED) is 0.363. The van der Waals surface area contributed by atoms with Gasteiger partial charge < -0.3 is 10.0 Å². The van der Waals surface area contributed by atoms with Crippen molar-refractivity contribution in [1.82, 2.24) is 4.90 Å². The van der Waals surface area contributed by atoms with E-state index >= 15 is 0 Å². The van der Waals surface area contributed by atoms with E-state index in [2.05, 4.69) is 6.92 Å². The molecule has 0 aromatic rings. The summed E-state index contributed by atoms with van der Waals surface area (Å²) in [4.78, 5) is 23.7. The van der Waals surface area contributed by atoms with Gasteiger partial charge in [-0.3, -0.25) is 9.59 Å². The van der Waals surface area contributed by atoms with Crippen molar-refractivity contribution in [1.29, 1.82) is 0 Å². The predicted octanol–water partition coefficient (Wildman–Crippen LogP) is 3.97. The van der Waals surface area contributed by atoms with Crippen LogP contribution in [0.5, 0.6) is 0 Å². The first-order chi connectivity index (χ1) is 10.6. The Morgan fingerprint density at radius 3 is 1.65 bits per heavy atom. The van der Waals surface area contributed by atoms with E-state index < -0.39 is 5.97 Å². The number of carbonyl (C=O) groups is 2. The van der Waals surface area contributed by atoms with Gasteiger partial charge in [0.05, 0.1) is 6.42 Å². The SMILES string of the molecule is CCCCCCCCCCCCCC(=O)N(C)CCC(=O)O.[NaH]. The summed E-state index contributed by atoms with van der Waals surface area (Å²) in [5, 5.41) is 8.58. The molecule has 0 saturated carbocycles. The molecule has 5 heteroatoms. The minimum absolute atomic E-state index is 0. The summed E-state index contributed by atoms with van der Waals surface area (Å²) in [7, 11) is 1.68. The molecule has 23 heavy (non-hydrogen) atoms. The Labute approximate surface area is 164 Å². The number of unbranched alkanes of at least 4 members (excludes halogenated alkanes) is 10.